The van der Waals surface area contributed by atoms with Crippen molar-refractivity contribution in [2.24, 2.45) is 0 Å². The molecular formula is C47H42N2O4. The van der Waals surface area contributed by atoms with Crippen molar-refractivity contribution in [3.05, 3.63) is 143 Å². The second kappa shape index (κ2) is 14.1. The molecule has 0 amide bonds. The Kier molecular flexibility index (Phi) is 9.05. The van der Waals surface area contributed by atoms with Crippen molar-refractivity contribution in [1.82, 2.24) is 9.97 Å². The van der Waals surface area contributed by atoms with Crippen LogP contribution in [-0.2, 0) is 28.7 Å². The molecule has 6 heteroatoms. The van der Waals surface area contributed by atoms with Crippen LogP contribution < -0.4 is 0 Å². The minimum atomic E-state index is -0.391. The van der Waals surface area contributed by atoms with Crippen molar-refractivity contribution in [3.63, 3.8) is 0 Å². The summed E-state index contributed by atoms with van der Waals surface area (Å²) in [6.07, 6.45) is 1.79. The molecule has 0 atom stereocenters. The third-order valence-electron chi connectivity index (χ3n) is 10.4. The zero-order valence-corrected chi connectivity index (χ0v) is 30.6. The molecule has 0 saturated heterocycles. The minimum Gasteiger partial charge on any atom is -0.461 e. The number of fused-ring (bicyclic) bond motifs is 4. The number of aromatic amines is 2. The third-order valence-corrected chi connectivity index (χ3v) is 10.4. The van der Waals surface area contributed by atoms with E-state index < -0.39 is 11.9 Å². The van der Waals surface area contributed by atoms with Gasteiger partial charge in [0.2, 0.25) is 0 Å². The van der Waals surface area contributed by atoms with Gasteiger partial charge < -0.3 is 19.4 Å². The first-order valence-electron chi connectivity index (χ1n) is 18.6. The van der Waals surface area contributed by atoms with Gasteiger partial charge in [0.25, 0.3) is 0 Å². The van der Waals surface area contributed by atoms with E-state index in [4.69, 9.17) is 9.47 Å². The largest absolute Gasteiger partial charge is 0.461 e. The molecule has 2 heterocycles. The average molecular weight is 699 g/mol. The highest BCUT2D eigenvalue weighted by Crippen LogP contribution is 2.44. The maximum atomic E-state index is 13.9. The van der Waals surface area contributed by atoms with Crippen LogP contribution in [0.15, 0.2) is 109 Å². The van der Waals surface area contributed by atoms with E-state index in [-0.39, 0.29) is 13.2 Å². The normalized spacial score (nSPS) is 11.5. The van der Waals surface area contributed by atoms with Crippen LogP contribution in [0.25, 0.3) is 65.3 Å². The van der Waals surface area contributed by atoms with Crippen molar-refractivity contribution < 1.29 is 19.1 Å². The maximum absolute atomic E-state index is 13.9. The number of carbonyl (C=O) groups is 2. The molecule has 6 nitrogen and oxygen atoms in total. The molecule has 0 bridgehead atoms. The Morgan fingerprint density at radius 2 is 0.792 bits per heavy atom. The summed E-state index contributed by atoms with van der Waals surface area (Å²) in [6, 6.07) is 37.8. The topological polar surface area (TPSA) is 84.2 Å². The fraction of sp³-hybridized carbons (Fsp3) is 0.191. The predicted molar refractivity (Wildman–Crippen MR) is 216 cm³/mol. The number of carbonyl (C=O) groups excluding carboxylic acids is 2. The Balaban J connectivity index is 1.40. The number of benzene rings is 6. The van der Waals surface area contributed by atoms with Gasteiger partial charge in [-0.2, -0.15) is 0 Å². The summed E-state index contributed by atoms with van der Waals surface area (Å²) in [6.45, 7) is 8.43. The first-order valence-corrected chi connectivity index (χ1v) is 18.6. The molecule has 0 saturated carbocycles. The molecule has 2 aromatic heterocycles. The van der Waals surface area contributed by atoms with E-state index >= 15 is 0 Å². The van der Waals surface area contributed by atoms with Gasteiger partial charge in [-0.15, -0.1) is 0 Å². The molecule has 0 fully saturated rings. The lowest BCUT2D eigenvalue weighted by Crippen LogP contribution is -2.07. The van der Waals surface area contributed by atoms with Gasteiger partial charge in [-0.3, -0.25) is 0 Å². The van der Waals surface area contributed by atoms with Crippen molar-refractivity contribution in [3.8, 4) is 22.3 Å². The zero-order valence-electron chi connectivity index (χ0n) is 30.6. The molecule has 2 N–H and O–H groups in total. The van der Waals surface area contributed by atoms with Crippen molar-refractivity contribution in [1.29, 1.82) is 0 Å². The average Bonchev–Trinajstić information content (AvgIpc) is 3.73. The van der Waals surface area contributed by atoms with E-state index in [1.165, 1.54) is 0 Å². The van der Waals surface area contributed by atoms with E-state index in [2.05, 4.69) is 84.5 Å². The number of ether oxygens (including phenoxy) is 2. The number of H-pyrrole nitrogens is 2. The molecule has 6 aromatic carbocycles. The van der Waals surface area contributed by atoms with Gasteiger partial charge in [0, 0.05) is 40.1 Å². The van der Waals surface area contributed by atoms with E-state index in [1.54, 1.807) is 0 Å². The van der Waals surface area contributed by atoms with Crippen LogP contribution in [0.3, 0.4) is 0 Å². The first-order chi connectivity index (χ1) is 26.0. The third kappa shape index (κ3) is 5.75. The number of hydrogen-bond donors (Lipinski definition) is 2. The SMILES string of the molecule is CCOC(=O)c1[nH]c(Cc2[nH]c(C(=O)OCC)c(-c3c4ccccc4cc4ccccc34)c2CC)c(CC)c1-c1c2ccccc2cc2ccccc12. The lowest BCUT2D eigenvalue weighted by molar-refractivity contribution is 0.0512. The van der Waals surface area contributed by atoms with E-state index in [0.29, 0.717) is 30.7 Å². The van der Waals surface area contributed by atoms with Crippen LogP contribution in [0.1, 0.15) is 71.2 Å². The van der Waals surface area contributed by atoms with Gasteiger partial charge in [-0.1, -0.05) is 111 Å². The van der Waals surface area contributed by atoms with Gasteiger partial charge in [-0.05, 0) is 93.0 Å². The molecular weight excluding hydrogens is 657 g/mol. The number of esters is 2. The molecule has 0 unspecified atom stereocenters. The smallest absolute Gasteiger partial charge is 0.355 e. The van der Waals surface area contributed by atoms with Crippen LogP contribution in [0.4, 0.5) is 0 Å². The van der Waals surface area contributed by atoms with Crippen LogP contribution in [-0.4, -0.2) is 35.1 Å². The molecule has 0 aliphatic rings. The van der Waals surface area contributed by atoms with Crippen LogP contribution in [0, 0.1) is 0 Å². The maximum Gasteiger partial charge on any atom is 0.355 e. The summed E-state index contributed by atoms with van der Waals surface area (Å²) in [5.41, 5.74) is 8.53. The Labute approximate surface area is 308 Å². The van der Waals surface area contributed by atoms with E-state index in [9.17, 15) is 9.59 Å². The summed E-state index contributed by atoms with van der Waals surface area (Å²) in [5.74, 6) is -0.782. The lowest BCUT2D eigenvalue weighted by atomic mass is 9.87. The van der Waals surface area contributed by atoms with Gasteiger partial charge in [0.1, 0.15) is 11.4 Å². The van der Waals surface area contributed by atoms with Gasteiger partial charge in [0.05, 0.1) is 13.2 Å². The Bertz CT molecular complexity index is 2400. The second-order valence-corrected chi connectivity index (χ2v) is 13.4. The van der Waals surface area contributed by atoms with Crippen LogP contribution in [0.5, 0.6) is 0 Å². The van der Waals surface area contributed by atoms with Crippen molar-refractivity contribution >= 4 is 55.0 Å². The van der Waals surface area contributed by atoms with Crippen LogP contribution >= 0.6 is 0 Å². The monoisotopic (exact) mass is 698 g/mol. The highest BCUT2D eigenvalue weighted by Gasteiger charge is 2.30. The lowest BCUT2D eigenvalue weighted by Gasteiger charge is -2.15. The number of hydrogen-bond acceptors (Lipinski definition) is 4. The molecule has 8 rings (SSSR count). The second-order valence-electron chi connectivity index (χ2n) is 13.4. The van der Waals surface area contributed by atoms with Crippen molar-refractivity contribution in [2.45, 2.75) is 47.0 Å². The number of rotatable bonds is 10. The van der Waals surface area contributed by atoms with Crippen molar-refractivity contribution in [2.75, 3.05) is 13.2 Å². The molecule has 53 heavy (non-hydrogen) atoms. The summed E-state index contributed by atoms with van der Waals surface area (Å²) in [4.78, 5) is 35.0. The van der Waals surface area contributed by atoms with Gasteiger partial charge in [0.15, 0.2) is 0 Å². The fourth-order valence-corrected chi connectivity index (χ4v) is 8.27. The molecule has 264 valence electrons. The predicted octanol–water partition coefficient (Wildman–Crippen LogP) is 11.4. The first kappa shape index (κ1) is 34.0. The molecule has 0 aliphatic carbocycles. The van der Waals surface area contributed by atoms with E-state index in [1.807, 2.05) is 62.4 Å². The Hall–Kier alpha value is -6.14. The number of aromatic nitrogens is 2. The molecule has 0 aliphatic heterocycles. The highest BCUT2D eigenvalue weighted by molar-refractivity contribution is 6.17. The number of nitrogens with one attached hydrogen (secondary N) is 2. The minimum absolute atomic E-state index is 0.256. The van der Waals surface area contributed by atoms with Gasteiger partial charge in [-0.25, -0.2) is 9.59 Å². The Morgan fingerprint density at radius 1 is 0.472 bits per heavy atom. The standard InChI is InChI=1S/C47H42N2O4/c1-5-32-38(48-44(46(50)52-7-3)42(32)40-34-21-13-9-17-28(34)25-29-18-10-14-22-35(29)40)27-39-33(6-2)43(45(49-39)47(51)53-8-4)41-36-23-15-11-19-30(36)26-31-20-12-16-24-37(31)41/h9-26,48-49H,5-8,27H2,1-4H3. The summed E-state index contributed by atoms with van der Waals surface area (Å²) < 4.78 is 11.4. The molecule has 0 radical (unpaired) electrons. The fourth-order valence-electron chi connectivity index (χ4n) is 8.27. The molecule has 0 spiro atoms. The van der Waals surface area contributed by atoms with Gasteiger partial charge >= 0.3 is 11.9 Å². The van der Waals surface area contributed by atoms with Crippen LogP contribution in [0.2, 0.25) is 0 Å². The Morgan fingerprint density at radius 3 is 1.09 bits per heavy atom. The summed E-state index contributed by atoms with van der Waals surface area (Å²) in [7, 11) is 0. The summed E-state index contributed by atoms with van der Waals surface area (Å²) in [5, 5.41) is 8.69. The highest BCUT2D eigenvalue weighted by atomic mass is 16.5. The summed E-state index contributed by atoms with van der Waals surface area (Å²) >= 11 is 0. The quantitative estimate of drug-likeness (QED) is 0.110. The molecule has 8 aromatic rings. The van der Waals surface area contributed by atoms with E-state index in [0.717, 1.165) is 87.9 Å². The zero-order chi connectivity index (χ0) is 36.6.